The van der Waals surface area contributed by atoms with Crippen LogP contribution in [0.15, 0.2) is 42.9 Å². The minimum atomic E-state index is 0.446. The van der Waals surface area contributed by atoms with E-state index >= 15 is 0 Å². The molecule has 0 saturated heterocycles. The molecule has 0 aliphatic carbocycles. The average molecular weight is 197 g/mol. The fourth-order valence-electron chi connectivity index (χ4n) is 1.04. The minimum absolute atomic E-state index is 0.446. The predicted molar refractivity (Wildman–Crippen MR) is 53.3 cm³/mol. The summed E-state index contributed by atoms with van der Waals surface area (Å²) >= 11 is 0. The molecule has 0 saturated carbocycles. The summed E-state index contributed by atoms with van der Waals surface area (Å²) in [5, 5.41) is 8.58. The summed E-state index contributed by atoms with van der Waals surface area (Å²) in [5.74, 6) is 1.07. The van der Waals surface area contributed by atoms with E-state index in [1.54, 1.807) is 36.7 Å². The Labute approximate surface area is 86.8 Å². The van der Waals surface area contributed by atoms with Crippen molar-refractivity contribution in [2.75, 3.05) is 0 Å². The van der Waals surface area contributed by atoms with Gasteiger partial charge in [0.2, 0.25) is 5.88 Å². The second-order valence-corrected chi connectivity index (χ2v) is 2.79. The van der Waals surface area contributed by atoms with Crippen molar-refractivity contribution < 1.29 is 4.74 Å². The van der Waals surface area contributed by atoms with Gasteiger partial charge in [-0.2, -0.15) is 5.26 Å². The van der Waals surface area contributed by atoms with Gasteiger partial charge in [0.25, 0.3) is 0 Å². The molecule has 0 fully saturated rings. The highest BCUT2D eigenvalue weighted by Gasteiger charge is 1.97. The third-order valence-electron chi connectivity index (χ3n) is 1.72. The van der Waals surface area contributed by atoms with E-state index in [9.17, 15) is 0 Å². The molecule has 72 valence electrons. The summed E-state index contributed by atoms with van der Waals surface area (Å²) in [4.78, 5) is 7.88. The Bertz CT molecular complexity index is 473. The number of ether oxygens (including phenoxy) is 1. The Morgan fingerprint density at radius 1 is 1.20 bits per heavy atom. The molecule has 0 bridgehead atoms. The van der Waals surface area contributed by atoms with E-state index in [1.165, 1.54) is 6.20 Å². The zero-order valence-corrected chi connectivity index (χ0v) is 7.79. The highest BCUT2D eigenvalue weighted by molar-refractivity contribution is 5.30. The van der Waals surface area contributed by atoms with Crippen LogP contribution in [-0.4, -0.2) is 9.97 Å². The van der Waals surface area contributed by atoms with Gasteiger partial charge in [-0.05, 0) is 18.2 Å². The lowest BCUT2D eigenvalue weighted by Crippen LogP contribution is -1.88. The van der Waals surface area contributed by atoms with Gasteiger partial charge in [-0.3, -0.25) is 4.98 Å². The number of rotatable bonds is 2. The Kier molecular flexibility index (Phi) is 2.56. The number of aromatic nitrogens is 2. The highest BCUT2D eigenvalue weighted by Crippen LogP contribution is 2.17. The lowest BCUT2D eigenvalue weighted by Gasteiger charge is -2.02. The quantitative estimate of drug-likeness (QED) is 0.740. The molecule has 2 aromatic rings. The molecule has 4 nitrogen and oxygen atoms in total. The van der Waals surface area contributed by atoms with Crippen LogP contribution >= 0.6 is 0 Å². The van der Waals surface area contributed by atoms with Crippen LogP contribution in [0.2, 0.25) is 0 Å². The fourth-order valence-corrected chi connectivity index (χ4v) is 1.04. The number of nitrogens with zero attached hydrogens (tertiary/aromatic N) is 3. The Hall–Kier alpha value is -2.41. The lowest BCUT2D eigenvalue weighted by atomic mass is 10.3. The van der Waals surface area contributed by atoms with Crippen molar-refractivity contribution >= 4 is 0 Å². The maximum atomic E-state index is 8.58. The molecule has 4 heteroatoms. The van der Waals surface area contributed by atoms with E-state index in [4.69, 9.17) is 10.00 Å². The number of hydrogen-bond donors (Lipinski definition) is 0. The van der Waals surface area contributed by atoms with E-state index in [0.29, 0.717) is 17.2 Å². The molecule has 0 atom stereocenters. The molecule has 0 unspecified atom stereocenters. The first-order valence-electron chi connectivity index (χ1n) is 4.32. The van der Waals surface area contributed by atoms with Crippen LogP contribution in [0.25, 0.3) is 0 Å². The molecule has 2 heterocycles. The van der Waals surface area contributed by atoms with Gasteiger partial charge in [0.1, 0.15) is 11.8 Å². The first kappa shape index (κ1) is 9.16. The van der Waals surface area contributed by atoms with Crippen LogP contribution in [0.4, 0.5) is 0 Å². The van der Waals surface area contributed by atoms with Crippen molar-refractivity contribution in [3.63, 3.8) is 0 Å². The summed E-state index contributed by atoms with van der Waals surface area (Å²) in [6.07, 6.45) is 4.73. The van der Waals surface area contributed by atoms with E-state index in [1.807, 2.05) is 6.07 Å². The van der Waals surface area contributed by atoms with Crippen LogP contribution < -0.4 is 4.74 Å². The number of pyridine rings is 2. The molecule has 15 heavy (non-hydrogen) atoms. The van der Waals surface area contributed by atoms with Crippen LogP contribution in [0, 0.1) is 11.3 Å². The maximum absolute atomic E-state index is 8.58. The van der Waals surface area contributed by atoms with Crippen molar-refractivity contribution in [1.29, 1.82) is 5.26 Å². The first-order chi connectivity index (χ1) is 7.38. The molecule has 0 spiro atoms. The normalized spacial score (nSPS) is 9.27. The van der Waals surface area contributed by atoms with Crippen molar-refractivity contribution in [3.05, 3.63) is 48.4 Å². The molecule has 2 aromatic heterocycles. The summed E-state index contributed by atoms with van der Waals surface area (Å²) < 4.78 is 5.39. The summed E-state index contributed by atoms with van der Waals surface area (Å²) in [6.45, 7) is 0. The van der Waals surface area contributed by atoms with Gasteiger partial charge in [-0.25, -0.2) is 4.98 Å². The van der Waals surface area contributed by atoms with Gasteiger partial charge in [0.05, 0.1) is 11.8 Å². The molecule has 0 amide bonds. The average Bonchev–Trinajstić information content (AvgIpc) is 2.31. The zero-order valence-electron chi connectivity index (χ0n) is 7.79. The fraction of sp³-hybridized carbons (Fsp3) is 0. The number of hydrogen-bond acceptors (Lipinski definition) is 4. The molecule has 0 aliphatic heterocycles. The van der Waals surface area contributed by atoms with Gasteiger partial charge < -0.3 is 4.74 Å². The zero-order chi connectivity index (χ0) is 10.5. The molecular weight excluding hydrogens is 190 g/mol. The second kappa shape index (κ2) is 4.20. The smallest absolute Gasteiger partial charge is 0.219 e. The van der Waals surface area contributed by atoms with Gasteiger partial charge >= 0.3 is 0 Å². The van der Waals surface area contributed by atoms with Crippen LogP contribution in [0.1, 0.15) is 5.56 Å². The van der Waals surface area contributed by atoms with Gasteiger partial charge in [0, 0.05) is 18.5 Å². The summed E-state index contributed by atoms with van der Waals surface area (Å²) in [6, 6.07) is 8.84. The third kappa shape index (κ3) is 2.29. The standard InChI is InChI=1S/C11H7N3O/c12-6-9-3-4-11(14-7-9)15-10-2-1-5-13-8-10/h1-5,7-8H. The van der Waals surface area contributed by atoms with Crippen LogP contribution in [0.3, 0.4) is 0 Å². The Balaban J connectivity index is 2.16. The first-order valence-corrected chi connectivity index (χ1v) is 4.32. The van der Waals surface area contributed by atoms with Crippen molar-refractivity contribution in [1.82, 2.24) is 9.97 Å². The summed E-state index contributed by atoms with van der Waals surface area (Å²) in [5.41, 5.74) is 0.508. The van der Waals surface area contributed by atoms with Crippen molar-refractivity contribution in [3.8, 4) is 17.7 Å². The van der Waals surface area contributed by atoms with Crippen molar-refractivity contribution in [2.24, 2.45) is 0 Å². The van der Waals surface area contributed by atoms with E-state index in [-0.39, 0.29) is 0 Å². The van der Waals surface area contributed by atoms with Gasteiger partial charge in [-0.15, -0.1) is 0 Å². The van der Waals surface area contributed by atoms with Crippen LogP contribution in [-0.2, 0) is 0 Å². The van der Waals surface area contributed by atoms with E-state index in [0.717, 1.165) is 0 Å². The SMILES string of the molecule is N#Cc1ccc(Oc2cccnc2)nc1. The van der Waals surface area contributed by atoms with Crippen molar-refractivity contribution in [2.45, 2.75) is 0 Å². The molecule has 2 rings (SSSR count). The molecule has 0 radical (unpaired) electrons. The summed E-state index contributed by atoms with van der Waals surface area (Å²) in [7, 11) is 0. The monoisotopic (exact) mass is 197 g/mol. The topological polar surface area (TPSA) is 58.8 Å². The van der Waals surface area contributed by atoms with E-state index in [2.05, 4.69) is 9.97 Å². The Morgan fingerprint density at radius 2 is 2.13 bits per heavy atom. The largest absolute Gasteiger partial charge is 0.437 e. The predicted octanol–water partition coefficient (Wildman–Crippen LogP) is 2.14. The van der Waals surface area contributed by atoms with Gasteiger partial charge in [0.15, 0.2) is 0 Å². The maximum Gasteiger partial charge on any atom is 0.219 e. The third-order valence-corrected chi connectivity index (χ3v) is 1.72. The van der Waals surface area contributed by atoms with E-state index < -0.39 is 0 Å². The lowest BCUT2D eigenvalue weighted by molar-refractivity contribution is 0.460. The molecule has 0 N–H and O–H groups in total. The Morgan fingerprint density at radius 3 is 2.73 bits per heavy atom. The number of nitriles is 1. The minimum Gasteiger partial charge on any atom is -0.437 e. The van der Waals surface area contributed by atoms with Crippen LogP contribution in [0.5, 0.6) is 11.6 Å². The molecule has 0 aromatic carbocycles. The molecule has 0 aliphatic rings. The second-order valence-electron chi connectivity index (χ2n) is 2.79. The molecular formula is C11H7N3O. The van der Waals surface area contributed by atoms with Gasteiger partial charge in [-0.1, -0.05) is 0 Å². The highest BCUT2D eigenvalue weighted by atomic mass is 16.5.